The fourth-order valence-corrected chi connectivity index (χ4v) is 3.85. The lowest BCUT2D eigenvalue weighted by molar-refractivity contribution is 0.0937. The Kier molecular flexibility index (Phi) is 6.19. The summed E-state index contributed by atoms with van der Waals surface area (Å²) in [7, 11) is 0. The number of aromatic nitrogens is 4. The van der Waals surface area contributed by atoms with Gasteiger partial charge in [-0.1, -0.05) is 37.3 Å². The molecule has 0 bridgehead atoms. The van der Waals surface area contributed by atoms with Gasteiger partial charge in [-0.25, -0.2) is 13.9 Å². The number of ketones is 1. The minimum Gasteiger partial charge on any atom is -0.350 e. The van der Waals surface area contributed by atoms with Crippen molar-refractivity contribution in [3.8, 4) is 0 Å². The average molecular weight is 462 g/mol. The van der Waals surface area contributed by atoms with Gasteiger partial charge in [0, 0.05) is 23.2 Å². The molecule has 0 radical (unpaired) electrons. The number of amides is 1. The summed E-state index contributed by atoms with van der Waals surface area (Å²) in [4.78, 5) is 52.1. The van der Waals surface area contributed by atoms with Crippen LogP contribution < -0.4 is 16.6 Å². The summed E-state index contributed by atoms with van der Waals surface area (Å²) in [5, 5.41) is 7.54. The van der Waals surface area contributed by atoms with Crippen LogP contribution in [0.5, 0.6) is 0 Å². The second-order valence-electron chi connectivity index (χ2n) is 8.65. The van der Waals surface area contributed by atoms with E-state index < -0.39 is 5.69 Å². The van der Waals surface area contributed by atoms with E-state index >= 15 is 0 Å². The summed E-state index contributed by atoms with van der Waals surface area (Å²) in [5.41, 5.74) is 0.186. The first-order chi connectivity index (χ1) is 16.2. The SMILES string of the molecule is CCC(C)NC(=O)c1ccc2c(=O)n(C(C)C)c3nn(CC(=O)c4ccccc4)c(=O)n3c2c1. The lowest BCUT2D eigenvalue weighted by Gasteiger charge is -2.14. The van der Waals surface area contributed by atoms with Gasteiger partial charge in [0.1, 0.15) is 6.54 Å². The van der Waals surface area contributed by atoms with E-state index in [4.69, 9.17) is 0 Å². The second-order valence-corrected chi connectivity index (χ2v) is 8.65. The summed E-state index contributed by atoms with van der Waals surface area (Å²) in [6.45, 7) is 7.23. The van der Waals surface area contributed by atoms with E-state index in [1.165, 1.54) is 15.0 Å². The molecule has 2 heterocycles. The fraction of sp³-hybridized carbons (Fsp3) is 0.320. The highest BCUT2D eigenvalue weighted by molar-refractivity contribution is 5.98. The Hall–Kier alpha value is -4.01. The Morgan fingerprint density at radius 2 is 1.71 bits per heavy atom. The molecule has 9 heteroatoms. The van der Waals surface area contributed by atoms with E-state index in [1.54, 1.807) is 42.5 Å². The van der Waals surface area contributed by atoms with Crippen molar-refractivity contribution in [2.45, 2.75) is 52.7 Å². The predicted octanol–water partition coefficient (Wildman–Crippen LogP) is 2.80. The summed E-state index contributed by atoms with van der Waals surface area (Å²) in [6, 6.07) is 13.0. The van der Waals surface area contributed by atoms with Gasteiger partial charge in [-0.05, 0) is 45.4 Å². The molecule has 9 nitrogen and oxygen atoms in total. The molecule has 0 aliphatic carbocycles. The molecule has 4 rings (SSSR count). The highest BCUT2D eigenvalue weighted by Gasteiger charge is 2.21. The van der Waals surface area contributed by atoms with Crippen LogP contribution in [-0.2, 0) is 6.54 Å². The number of rotatable bonds is 7. The van der Waals surface area contributed by atoms with Crippen LogP contribution in [0.3, 0.4) is 0 Å². The minimum atomic E-state index is -0.557. The zero-order chi connectivity index (χ0) is 24.6. The minimum absolute atomic E-state index is 0.0216. The first-order valence-corrected chi connectivity index (χ1v) is 11.3. The Morgan fingerprint density at radius 1 is 1.00 bits per heavy atom. The molecule has 176 valence electrons. The van der Waals surface area contributed by atoms with Gasteiger partial charge in [-0.3, -0.25) is 19.0 Å². The van der Waals surface area contributed by atoms with Crippen molar-refractivity contribution in [3.63, 3.8) is 0 Å². The molecular weight excluding hydrogens is 434 g/mol. The molecule has 0 aliphatic heterocycles. The third-order valence-corrected chi connectivity index (χ3v) is 5.88. The number of fused-ring (bicyclic) bond motifs is 3. The highest BCUT2D eigenvalue weighted by atomic mass is 16.2. The molecule has 1 amide bonds. The molecule has 0 spiro atoms. The van der Waals surface area contributed by atoms with Crippen LogP contribution in [0.2, 0.25) is 0 Å². The van der Waals surface area contributed by atoms with Crippen molar-refractivity contribution in [2.75, 3.05) is 0 Å². The number of benzene rings is 2. The van der Waals surface area contributed by atoms with Crippen LogP contribution in [0.15, 0.2) is 58.1 Å². The van der Waals surface area contributed by atoms with Gasteiger partial charge >= 0.3 is 5.69 Å². The van der Waals surface area contributed by atoms with Crippen LogP contribution in [0.25, 0.3) is 16.7 Å². The van der Waals surface area contributed by atoms with Crippen LogP contribution in [0.1, 0.15) is 60.9 Å². The third kappa shape index (κ3) is 4.05. The van der Waals surface area contributed by atoms with Crippen molar-refractivity contribution in [1.29, 1.82) is 0 Å². The lowest BCUT2D eigenvalue weighted by atomic mass is 10.1. The van der Waals surface area contributed by atoms with Crippen molar-refractivity contribution in [1.82, 2.24) is 24.1 Å². The van der Waals surface area contributed by atoms with E-state index in [0.29, 0.717) is 11.1 Å². The van der Waals surface area contributed by atoms with Gasteiger partial charge < -0.3 is 5.32 Å². The molecule has 0 fully saturated rings. The second kappa shape index (κ2) is 9.09. The highest BCUT2D eigenvalue weighted by Crippen LogP contribution is 2.17. The van der Waals surface area contributed by atoms with E-state index in [1.807, 2.05) is 27.7 Å². The number of nitrogens with one attached hydrogen (secondary N) is 1. The molecule has 2 aromatic heterocycles. The van der Waals surface area contributed by atoms with E-state index in [0.717, 1.165) is 11.1 Å². The Labute approximate surface area is 195 Å². The van der Waals surface area contributed by atoms with Gasteiger partial charge in [-0.2, -0.15) is 0 Å². The first kappa shape index (κ1) is 23.2. The van der Waals surface area contributed by atoms with Gasteiger partial charge in [0.25, 0.3) is 11.5 Å². The Morgan fingerprint density at radius 3 is 2.35 bits per heavy atom. The van der Waals surface area contributed by atoms with Crippen LogP contribution in [0.4, 0.5) is 0 Å². The Balaban J connectivity index is 1.93. The molecule has 4 aromatic rings. The fourth-order valence-electron chi connectivity index (χ4n) is 3.85. The standard InChI is InChI=1S/C25H27N5O4/c1-5-16(4)26-22(32)18-11-12-19-20(13-18)30-24(29(15(2)3)23(19)33)27-28(25(30)34)14-21(31)17-9-7-6-8-10-17/h6-13,15-16H,5,14H2,1-4H3,(H,26,32). The van der Waals surface area contributed by atoms with Gasteiger partial charge in [0.15, 0.2) is 5.78 Å². The van der Waals surface area contributed by atoms with Crippen molar-refractivity contribution in [2.24, 2.45) is 0 Å². The van der Waals surface area contributed by atoms with Gasteiger partial charge in [0.2, 0.25) is 5.78 Å². The topological polar surface area (TPSA) is 107 Å². The number of hydrogen-bond donors (Lipinski definition) is 1. The summed E-state index contributed by atoms with van der Waals surface area (Å²) in [6.07, 6.45) is 0.768. The number of carbonyl (C=O) groups is 2. The van der Waals surface area contributed by atoms with E-state index in [-0.39, 0.29) is 52.6 Å². The van der Waals surface area contributed by atoms with Crippen LogP contribution in [-0.4, -0.2) is 36.5 Å². The predicted molar refractivity (Wildman–Crippen MR) is 130 cm³/mol. The monoisotopic (exact) mass is 461 g/mol. The quantitative estimate of drug-likeness (QED) is 0.426. The summed E-state index contributed by atoms with van der Waals surface area (Å²) in [5.74, 6) is -0.447. The van der Waals surface area contributed by atoms with Crippen molar-refractivity contribution in [3.05, 3.63) is 80.5 Å². The molecule has 2 aromatic carbocycles. The maximum atomic E-state index is 13.4. The first-order valence-electron chi connectivity index (χ1n) is 11.3. The summed E-state index contributed by atoms with van der Waals surface area (Å²) < 4.78 is 3.79. The molecule has 0 saturated heterocycles. The van der Waals surface area contributed by atoms with Gasteiger partial charge in [-0.15, -0.1) is 5.10 Å². The van der Waals surface area contributed by atoms with E-state index in [2.05, 4.69) is 10.4 Å². The molecule has 0 saturated carbocycles. The molecule has 1 unspecified atom stereocenters. The van der Waals surface area contributed by atoms with Crippen molar-refractivity contribution < 1.29 is 9.59 Å². The Bertz CT molecular complexity index is 1510. The molecular formula is C25H27N5O4. The molecule has 1 atom stereocenters. The largest absolute Gasteiger partial charge is 0.352 e. The molecule has 0 aliphatic rings. The number of Topliss-reactive ketones (excluding diaryl/α,β-unsaturated/α-hetero) is 1. The zero-order valence-electron chi connectivity index (χ0n) is 19.6. The third-order valence-electron chi connectivity index (χ3n) is 5.88. The molecule has 34 heavy (non-hydrogen) atoms. The van der Waals surface area contributed by atoms with Gasteiger partial charge in [0.05, 0.1) is 10.9 Å². The normalized spacial score (nSPS) is 12.4. The molecule has 1 N–H and O–H groups in total. The van der Waals surface area contributed by atoms with Crippen LogP contribution >= 0.6 is 0 Å². The average Bonchev–Trinajstić information content (AvgIpc) is 3.14. The lowest BCUT2D eigenvalue weighted by Crippen LogP contribution is -2.32. The van der Waals surface area contributed by atoms with Crippen LogP contribution in [0, 0.1) is 0 Å². The smallest absolute Gasteiger partial charge is 0.350 e. The summed E-state index contributed by atoms with van der Waals surface area (Å²) >= 11 is 0. The number of nitrogens with zero attached hydrogens (tertiary/aromatic N) is 4. The zero-order valence-corrected chi connectivity index (χ0v) is 19.6. The maximum absolute atomic E-state index is 13.4. The maximum Gasteiger partial charge on any atom is 0.352 e. The number of hydrogen-bond acceptors (Lipinski definition) is 5. The van der Waals surface area contributed by atoms with Crippen molar-refractivity contribution >= 4 is 28.4 Å². The number of carbonyl (C=O) groups excluding carboxylic acids is 2. The van der Waals surface area contributed by atoms with E-state index in [9.17, 15) is 19.2 Å².